The van der Waals surface area contributed by atoms with E-state index in [0.717, 1.165) is 10.4 Å². The first kappa shape index (κ1) is 17.6. The van der Waals surface area contributed by atoms with Crippen molar-refractivity contribution < 1.29 is 19.4 Å². The number of carbonyl (C=O) groups excluding carboxylic acids is 1. The van der Waals surface area contributed by atoms with E-state index < -0.39 is 5.97 Å². The van der Waals surface area contributed by atoms with Crippen molar-refractivity contribution >= 4 is 28.7 Å². The SMILES string of the molecule is C=C(C(=O)c1ccc(OC)c(-c2cccs2)c1)c1ccc(C(=O)O)cc1. The normalized spacial score (nSPS) is 10.3. The maximum Gasteiger partial charge on any atom is 0.335 e. The highest BCUT2D eigenvalue weighted by atomic mass is 32.1. The van der Waals surface area contributed by atoms with Gasteiger partial charge in [-0.05, 0) is 47.3 Å². The number of hydrogen-bond acceptors (Lipinski definition) is 4. The molecule has 1 heterocycles. The van der Waals surface area contributed by atoms with Crippen molar-refractivity contribution in [3.63, 3.8) is 0 Å². The number of benzene rings is 2. The second-order valence-electron chi connectivity index (χ2n) is 5.58. The average Bonchev–Trinajstić information content (AvgIpc) is 3.21. The highest BCUT2D eigenvalue weighted by Crippen LogP contribution is 2.34. The zero-order valence-corrected chi connectivity index (χ0v) is 14.9. The summed E-state index contributed by atoms with van der Waals surface area (Å²) in [4.78, 5) is 24.8. The summed E-state index contributed by atoms with van der Waals surface area (Å²) in [6.07, 6.45) is 0. The van der Waals surface area contributed by atoms with Gasteiger partial charge in [0, 0.05) is 21.6 Å². The van der Waals surface area contributed by atoms with Crippen molar-refractivity contribution in [2.45, 2.75) is 0 Å². The quantitative estimate of drug-likeness (QED) is 0.493. The third-order valence-electron chi connectivity index (χ3n) is 4.00. The molecule has 0 aliphatic carbocycles. The molecule has 0 saturated heterocycles. The van der Waals surface area contributed by atoms with Crippen molar-refractivity contribution in [3.05, 3.63) is 83.2 Å². The van der Waals surface area contributed by atoms with Gasteiger partial charge in [0.25, 0.3) is 0 Å². The molecular formula is C21H16O4S. The highest BCUT2D eigenvalue weighted by molar-refractivity contribution is 7.13. The van der Waals surface area contributed by atoms with E-state index in [-0.39, 0.29) is 11.3 Å². The lowest BCUT2D eigenvalue weighted by Crippen LogP contribution is -2.03. The maximum absolute atomic E-state index is 12.8. The second kappa shape index (κ2) is 7.37. The van der Waals surface area contributed by atoms with Crippen LogP contribution in [0.3, 0.4) is 0 Å². The smallest absolute Gasteiger partial charge is 0.335 e. The van der Waals surface area contributed by atoms with E-state index >= 15 is 0 Å². The number of allylic oxidation sites excluding steroid dienone is 1. The summed E-state index contributed by atoms with van der Waals surface area (Å²) in [5, 5.41) is 10.9. The predicted molar refractivity (Wildman–Crippen MR) is 103 cm³/mol. The van der Waals surface area contributed by atoms with Crippen molar-refractivity contribution in [2.24, 2.45) is 0 Å². The maximum atomic E-state index is 12.8. The topological polar surface area (TPSA) is 63.6 Å². The summed E-state index contributed by atoms with van der Waals surface area (Å²) in [7, 11) is 1.59. The van der Waals surface area contributed by atoms with Crippen molar-refractivity contribution in [2.75, 3.05) is 7.11 Å². The summed E-state index contributed by atoms with van der Waals surface area (Å²) >= 11 is 1.57. The lowest BCUT2D eigenvalue weighted by molar-refractivity contribution is 0.0696. The first-order chi connectivity index (χ1) is 12.5. The van der Waals surface area contributed by atoms with Gasteiger partial charge in [0.15, 0.2) is 5.78 Å². The van der Waals surface area contributed by atoms with Gasteiger partial charge >= 0.3 is 5.97 Å². The number of rotatable bonds is 6. The molecule has 0 saturated carbocycles. The Morgan fingerprint density at radius 1 is 1.00 bits per heavy atom. The largest absolute Gasteiger partial charge is 0.496 e. The van der Waals surface area contributed by atoms with Gasteiger partial charge in [-0.1, -0.05) is 24.8 Å². The van der Waals surface area contributed by atoms with Crippen LogP contribution in [0, 0.1) is 0 Å². The molecule has 1 N–H and O–H groups in total. The Balaban J connectivity index is 1.93. The molecule has 0 spiro atoms. The molecule has 0 atom stereocenters. The van der Waals surface area contributed by atoms with Crippen LogP contribution in [0.25, 0.3) is 16.0 Å². The molecule has 0 amide bonds. The summed E-state index contributed by atoms with van der Waals surface area (Å²) < 4.78 is 5.40. The molecule has 2 aromatic carbocycles. The monoisotopic (exact) mass is 364 g/mol. The minimum atomic E-state index is -1.01. The molecule has 0 bridgehead atoms. The number of ketones is 1. The Labute approximate surface area is 155 Å². The van der Waals surface area contributed by atoms with E-state index in [1.165, 1.54) is 12.1 Å². The molecular weight excluding hydrogens is 348 g/mol. The molecule has 130 valence electrons. The zero-order chi connectivity index (χ0) is 18.7. The van der Waals surface area contributed by atoms with Gasteiger partial charge in [-0.15, -0.1) is 11.3 Å². The fraction of sp³-hybridized carbons (Fsp3) is 0.0476. The minimum Gasteiger partial charge on any atom is -0.496 e. The molecule has 26 heavy (non-hydrogen) atoms. The van der Waals surface area contributed by atoms with Crippen molar-refractivity contribution in [1.82, 2.24) is 0 Å². The van der Waals surface area contributed by atoms with E-state index in [1.54, 1.807) is 48.8 Å². The number of Topliss-reactive ketones (excluding diaryl/α,β-unsaturated/α-hetero) is 1. The molecule has 1 aromatic heterocycles. The lowest BCUT2D eigenvalue weighted by atomic mass is 9.96. The van der Waals surface area contributed by atoms with Crippen LogP contribution in [0.1, 0.15) is 26.3 Å². The molecule has 0 radical (unpaired) electrons. The fourth-order valence-corrected chi connectivity index (χ4v) is 3.34. The standard InChI is InChI=1S/C21H16O4S/c1-13(14-5-7-15(8-6-14)21(23)24)20(22)16-9-10-18(25-2)17(12-16)19-4-3-11-26-19/h3-12H,1H2,2H3,(H,23,24). The third kappa shape index (κ3) is 3.43. The summed E-state index contributed by atoms with van der Waals surface area (Å²) in [6, 6.07) is 15.3. The molecule has 0 fully saturated rings. The number of carboxylic acid groups (broad SMARTS) is 1. The minimum absolute atomic E-state index is 0.165. The van der Waals surface area contributed by atoms with Crippen LogP contribution in [0.4, 0.5) is 0 Å². The Morgan fingerprint density at radius 2 is 1.65 bits per heavy atom. The first-order valence-electron chi connectivity index (χ1n) is 7.80. The average molecular weight is 364 g/mol. The number of ether oxygens (including phenoxy) is 1. The van der Waals surface area contributed by atoms with Crippen molar-refractivity contribution in [3.8, 4) is 16.2 Å². The number of hydrogen-bond donors (Lipinski definition) is 1. The summed E-state index contributed by atoms with van der Waals surface area (Å²) in [5.41, 5.74) is 2.42. The molecule has 0 aliphatic rings. The third-order valence-corrected chi connectivity index (χ3v) is 4.91. The number of carbonyl (C=O) groups is 2. The van der Waals surface area contributed by atoms with E-state index in [0.29, 0.717) is 22.4 Å². The molecule has 4 nitrogen and oxygen atoms in total. The second-order valence-corrected chi connectivity index (χ2v) is 6.53. The predicted octanol–water partition coefficient (Wildman–Crippen LogP) is 5.02. The number of aromatic carboxylic acids is 1. The summed E-state index contributed by atoms with van der Waals surface area (Å²) in [6.45, 7) is 3.89. The Hall–Kier alpha value is -3.18. The van der Waals surface area contributed by atoms with E-state index in [1.807, 2.05) is 17.5 Å². The molecule has 0 aliphatic heterocycles. The number of thiophene rings is 1. The van der Waals surface area contributed by atoms with Gasteiger partial charge in [0.05, 0.1) is 12.7 Å². The molecule has 5 heteroatoms. The zero-order valence-electron chi connectivity index (χ0n) is 14.1. The van der Waals surface area contributed by atoms with E-state index in [2.05, 4.69) is 6.58 Å². The van der Waals surface area contributed by atoms with Gasteiger partial charge in [0.1, 0.15) is 5.75 Å². The Bertz CT molecular complexity index is 970. The lowest BCUT2D eigenvalue weighted by Gasteiger charge is -2.11. The fourth-order valence-electron chi connectivity index (χ4n) is 2.59. The highest BCUT2D eigenvalue weighted by Gasteiger charge is 2.16. The number of carboxylic acids is 1. The van der Waals surface area contributed by atoms with Crippen LogP contribution < -0.4 is 4.74 Å². The van der Waals surface area contributed by atoms with Gasteiger partial charge in [0.2, 0.25) is 0 Å². The Morgan fingerprint density at radius 3 is 2.23 bits per heavy atom. The van der Waals surface area contributed by atoms with Crippen LogP contribution in [-0.4, -0.2) is 24.0 Å². The first-order valence-corrected chi connectivity index (χ1v) is 8.68. The van der Waals surface area contributed by atoms with E-state index in [4.69, 9.17) is 9.84 Å². The van der Waals surface area contributed by atoms with Crippen LogP contribution >= 0.6 is 11.3 Å². The summed E-state index contributed by atoms with van der Waals surface area (Å²) in [5.74, 6) is -0.529. The molecule has 3 aromatic rings. The van der Waals surface area contributed by atoms with Crippen molar-refractivity contribution in [1.29, 1.82) is 0 Å². The van der Waals surface area contributed by atoms with Gasteiger partial charge in [-0.25, -0.2) is 4.79 Å². The van der Waals surface area contributed by atoms with Crippen LogP contribution in [0.2, 0.25) is 0 Å². The van der Waals surface area contributed by atoms with Gasteiger partial charge in [-0.2, -0.15) is 0 Å². The van der Waals surface area contributed by atoms with Crippen LogP contribution in [0.5, 0.6) is 5.75 Å². The number of methoxy groups -OCH3 is 1. The molecule has 0 unspecified atom stereocenters. The Kier molecular flexibility index (Phi) is 5.00. The van der Waals surface area contributed by atoms with Gasteiger partial charge in [-0.3, -0.25) is 4.79 Å². The van der Waals surface area contributed by atoms with Crippen LogP contribution in [-0.2, 0) is 0 Å². The van der Waals surface area contributed by atoms with Crippen LogP contribution in [0.15, 0.2) is 66.6 Å². The molecule has 3 rings (SSSR count). The van der Waals surface area contributed by atoms with Gasteiger partial charge < -0.3 is 9.84 Å². The van der Waals surface area contributed by atoms with E-state index in [9.17, 15) is 9.59 Å².